The highest BCUT2D eigenvalue weighted by atomic mass is 32.2. The van der Waals surface area contributed by atoms with Crippen LogP contribution in [0.1, 0.15) is 18.4 Å². The lowest BCUT2D eigenvalue weighted by molar-refractivity contribution is -0.142. The first-order valence-electron chi connectivity index (χ1n) is 7.58. The first-order chi connectivity index (χ1) is 10.9. The summed E-state index contributed by atoms with van der Waals surface area (Å²) in [6.45, 7) is 0.165. The average molecular weight is 342 g/mol. The van der Waals surface area contributed by atoms with Gasteiger partial charge in [-0.1, -0.05) is 30.3 Å². The van der Waals surface area contributed by atoms with Crippen molar-refractivity contribution in [2.24, 2.45) is 5.92 Å². The quantitative estimate of drug-likeness (QED) is 0.657. The van der Waals surface area contributed by atoms with E-state index in [1.165, 1.54) is 0 Å². The van der Waals surface area contributed by atoms with Crippen LogP contribution in [-0.4, -0.2) is 54.6 Å². The minimum Gasteiger partial charge on any atom is -0.481 e. The number of carboxylic acids is 1. The summed E-state index contributed by atoms with van der Waals surface area (Å²) in [5.74, 6) is -1.65. The van der Waals surface area contributed by atoms with Crippen LogP contribution in [0.25, 0.3) is 0 Å². The molecule has 128 valence electrons. The Bertz CT molecular complexity index is 620. The second kappa shape index (κ2) is 7.87. The van der Waals surface area contributed by atoms with Crippen molar-refractivity contribution in [2.75, 3.05) is 19.6 Å². The van der Waals surface area contributed by atoms with Crippen molar-refractivity contribution in [2.45, 2.75) is 25.4 Å². The standard InChI is InChI=1S/C15H22N2O5S/c18-14(9-12-5-2-1-3-6-12)10-16-23(21,22)17-8-4-7-13(11-17)15(19)20/h1-3,5-6,13-14,16,18H,4,7-11H2,(H,19,20). The number of rotatable bonds is 7. The number of nitrogens with one attached hydrogen (secondary N) is 1. The zero-order valence-corrected chi connectivity index (χ0v) is 13.6. The van der Waals surface area contributed by atoms with Gasteiger partial charge in [0.25, 0.3) is 10.2 Å². The van der Waals surface area contributed by atoms with Crippen LogP contribution in [0.5, 0.6) is 0 Å². The van der Waals surface area contributed by atoms with Gasteiger partial charge in [-0.05, 0) is 24.8 Å². The zero-order valence-electron chi connectivity index (χ0n) is 12.8. The normalized spacial score (nSPS) is 21.0. The van der Waals surface area contributed by atoms with Crippen LogP contribution in [0.15, 0.2) is 30.3 Å². The van der Waals surface area contributed by atoms with E-state index in [-0.39, 0.29) is 13.1 Å². The number of aliphatic carboxylic acids is 1. The van der Waals surface area contributed by atoms with Crippen LogP contribution in [0.4, 0.5) is 0 Å². The van der Waals surface area contributed by atoms with E-state index >= 15 is 0 Å². The summed E-state index contributed by atoms with van der Waals surface area (Å²) in [4.78, 5) is 11.0. The Hall–Kier alpha value is -1.48. The number of hydrogen-bond donors (Lipinski definition) is 3. The van der Waals surface area contributed by atoms with Crippen molar-refractivity contribution in [1.29, 1.82) is 0 Å². The van der Waals surface area contributed by atoms with Gasteiger partial charge in [0, 0.05) is 19.6 Å². The lowest BCUT2D eigenvalue weighted by Crippen LogP contribution is -2.49. The highest BCUT2D eigenvalue weighted by Crippen LogP contribution is 2.18. The summed E-state index contributed by atoms with van der Waals surface area (Å²) in [6.07, 6.45) is 0.510. The van der Waals surface area contributed by atoms with Crippen LogP contribution < -0.4 is 4.72 Å². The zero-order chi connectivity index (χ0) is 16.9. The molecule has 0 aromatic heterocycles. The third-order valence-corrected chi connectivity index (χ3v) is 5.43. The summed E-state index contributed by atoms with van der Waals surface area (Å²) < 4.78 is 27.9. The molecule has 1 aliphatic heterocycles. The van der Waals surface area contributed by atoms with E-state index in [0.29, 0.717) is 25.8 Å². The summed E-state index contributed by atoms with van der Waals surface area (Å²) in [6, 6.07) is 9.30. The SMILES string of the molecule is O=C(O)C1CCCN(S(=O)(=O)NCC(O)Cc2ccccc2)C1. The largest absolute Gasteiger partial charge is 0.481 e. The molecule has 1 fully saturated rings. The summed E-state index contributed by atoms with van der Waals surface area (Å²) in [7, 11) is -3.78. The summed E-state index contributed by atoms with van der Waals surface area (Å²) >= 11 is 0. The molecule has 8 heteroatoms. The maximum Gasteiger partial charge on any atom is 0.307 e. The highest BCUT2D eigenvalue weighted by Gasteiger charge is 2.32. The van der Waals surface area contributed by atoms with Gasteiger partial charge in [0.05, 0.1) is 12.0 Å². The van der Waals surface area contributed by atoms with E-state index in [1.807, 2.05) is 30.3 Å². The molecule has 1 heterocycles. The predicted octanol–water partition coefficient (Wildman–Crippen LogP) is 0.221. The van der Waals surface area contributed by atoms with Crippen molar-refractivity contribution < 1.29 is 23.4 Å². The maximum absolute atomic E-state index is 12.2. The molecule has 0 amide bonds. The molecule has 0 spiro atoms. The molecule has 2 atom stereocenters. The van der Waals surface area contributed by atoms with Crippen molar-refractivity contribution in [3.8, 4) is 0 Å². The molecule has 1 aromatic carbocycles. The first kappa shape index (κ1) is 17.9. The molecule has 23 heavy (non-hydrogen) atoms. The monoisotopic (exact) mass is 342 g/mol. The molecule has 0 saturated carbocycles. The number of nitrogens with zero attached hydrogens (tertiary/aromatic N) is 1. The van der Waals surface area contributed by atoms with Gasteiger partial charge >= 0.3 is 5.97 Å². The van der Waals surface area contributed by atoms with Gasteiger partial charge in [0.15, 0.2) is 0 Å². The Morgan fingerprint density at radius 1 is 1.35 bits per heavy atom. The number of aliphatic hydroxyl groups excluding tert-OH is 1. The van der Waals surface area contributed by atoms with Gasteiger partial charge in [-0.3, -0.25) is 4.79 Å². The molecule has 2 rings (SSSR count). The fourth-order valence-corrected chi connectivity index (χ4v) is 3.94. The molecular weight excluding hydrogens is 320 g/mol. The molecule has 1 saturated heterocycles. The Morgan fingerprint density at radius 3 is 2.70 bits per heavy atom. The van der Waals surface area contributed by atoms with Crippen LogP contribution in [-0.2, 0) is 21.4 Å². The van der Waals surface area contributed by atoms with Crippen LogP contribution >= 0.6 is 0 Å². The smallest absolute Gasteiger partial charge is 0.307 e. The third-order valence-electron chi connectivity index (χ3n) is 3.89. The molecule has 1 aromatic rings. The van der Waals surface area contributed by atoms with Gasteiger partial charge in [0.1, 0.15) is 0 Å². The lowest BCUT2D eigenvalue weighted by atomic mass is 10.0. The lowest BCUT2D eigenvalue weighted by Gasteiger charge is -2.30. The Labute approximate surface area is 136 Å². The number of carbonyl (C=O) groups is 1. The molecule has 7 nitrogen and oxygen atoms in total. The van der Waals surface area contributed by atoms with E-state index in [2.05, 4.69) is 4.72 Å². The molecular formula is C15H22N2O5S. The van der Waals surface area contributed by atoms with Crippen molar-refractivity contribution in [3.05, 3.63) is 35.9 Å². The van der Waals surface area contributed by atoms with E-state index in [1.54, 1.807) is 0 Å². The van der Waals surface area contributed by atoms with Crippen LogP contribution in [0, 0.1) is 5.92 Å². The Kier molecular flexibility index (Phi) is 6.11. The van der Waals surface area contributed by atoms with Crippen LogP contribution in [0.3, 0.4) is 0 Å². The summed E-state index contributed by atoms with van der Waals surface area (Å²) in [5, 5.41) is 19.0. The second-order valence-electron chi connectivity index (χ2n) is 5.73. The molecule has 3 N–H and O–H groups in total. The van der Waals surface area contributed by atoms with Gasteiger partial charge in [-0.15, -0.1) is 0 Å². The average Bonchev–Trinajstić information content (AvgIpc) is 2.54. The minimum absolute atomic E-state index is 0.0283. The minimum atomic E-state index is -3.78. The van der Waals surface area contributed by atoms with Gasteiger partial charge in [-0.25, -0.2) is 0 Å². The van der Waals surface area contributed by atoms with Gasteiger partial charge in [0.2, 0.25) is 0 Å². The molecule has 0 radical (unpaired) electrons. The number of aliphatic hydroxyl groups is 1. The van der Waals surface area contributed by atoms with Crippen LogP contribution in [0.2, 0.25) is 0 Å². The van der Waals surface area contributed by atoms with E-state index in [0.717, 1.165) is 9.87 Å². The molecule has 0 aliphatic carbocycles. The van der Waals surface area contributed by atoms with Gasteiger partial charge in [-0.2, -0.15) is 17.4 Å². The number of hydrogen-bond acceptors (Lipinski definition) is 4. The highest BCUT2D eigenvalue weighted by molar-refractivity contribution is 7.87. The molecule has 0 bridgehead atoms. The van der Waals surface area contributed by atoms with Crippen molar-refractivity contribution in [3.63, 3.8) is 0 Å². The first-order valence-corrected chi connectivity index (χ1v) is 9.02. The predicted molar refractivity (Wildman–Crippen MR) is 85.0 cm³/mol. The third kappa shape index (κ3) is 5.28. The maximum atomic E-state index is 12.2. The van der Waals surface area contributed by atoms with Gasteiger partial charge < -0.3 is 10.2 Å². The topological polar surface area (TPSA) is 107 Å². The van der Waals surface area contributed by atoms with E-state index in [4.69, 9.17) is 5.11 Å². The molecule has 1 aliphatic rings. The fourth-order valence-electron chi connectivity index (χ4n) is 2.61. The number of benzene rings is 1. The van der Waals surface area contributed by atoms with Crippen molar-refractivity contribution in [1.82, 2.24) is 9.03 Å². The molecule has 2 unspecified atom stereocenters. The number of piperidine rings is 1. The fraction of sp³-hybridized carbons (Fsp3) is 0.533. The van der Waals surface area contributed by atoms with E-state index in [9.17, 15) is 18.3 Å². The number of carboxylic acid groups (broad SMARTS) is 1. The van der Waals surface area contributed by atoms with Crippen molar-refractivity contribution >= 4 is 16.2 Å². The second-order valence-corrected chi connectivity index (χ2v) is 7.49. The van der Waals surface area contributed by atoms with E-state index < -0.39 is 28.2 Å². The summed E-state index contributed by atoms with van der Waals surface area (Å²) in [5.41, 5.74) is 0.920. The Balaban J connectivity index is 1.87. The Morgan fingerprint density at radius 2 is 2.04 bits per heavy atom.